The van der Waals surface area contributed by atoms with Gasteiger partial charge in [0, 0.05) is 37.8 Å². The first kappa shape index (κ1) is 29.0. The molecule has 3 aromatic rings. The van der Waals surface area contributed by atoms with E-state index in [1.165, 1.54) is 12.1 Å². The van der Waals surface area contributed by atoms with Gasteiger partial charge in [-0.05, 0) is 66.9 Å². The molecule has 2 amide bonds. The topological polar surface area (TPSA) is 82.1 Å². The minimum Gasteiger partial charge on any atom is -0.484 e. The van der Waals surface area contributed by atoms with E-state index in [0.29, 0.717) is 48.6 Å². The van der Waals surface area contributed by atoms with Crippen LogP contribution in [-0.2, 0) is 4.79 Å². The van der Waals surface area contributed by atoms with Crippen molar-refractivity contribution in [3.05, 3.63) is 114 Å². The Hall–Kier alpha value is -4.01. The van der Waals surface area contributed by atoms with E-state index in [0.717, 1.165) is 5.56 Å². The van der Waals surface area contributed by atoms with Crippen molar-refractivity contribution in [2.24, 2.45) is 0 Å². The largest absolute Gasteiger partial charge is 0.484 e. The highest BCUT2D eigenvalue weighted by Gasteiger charge is 2.29. The monoisotopic (exact) mass is 545 g/mol. The van der Waals surface area contributed by atoms with Crippen molar-refractivity contribution in [3.8, 4) is 5.75 Å². The summed E-state index contributed by atoms with van der Waals surface area (Å²) in [6.07, 6.45) is 0.864. The zero-order chi connectivity index (χ0) is 28.6. The lowest BCUT2D eigenvalue weighted by Gasteiger charge is -2.40. The number of benzene rings is 3. The molecular weight excluding hydrogens is 509 g/mol. The van der Waals surface area contributed by atoms with E-state index >= 15 is 0 Å². The van der Waals surface area contributed by atoms with Gasteiger partial charge in [0.1, 0.15) is 17.7 Å². The number of rotatable bonds is 10. The van der Waals surface area contributed by atoms with Gasteiger partial charge in [-0.2, -0.15) is 0 Å². The number of nitrogens with one attached hydrogen (secondary N) is 1. The molecule has 7 nitrogen and oxygen atoms in total. The number of aliphatic hydroxyl groups is 1. The maximum absolute atomic E-state index is 14.5. The summed E-state index contributed by atoms with van der Waals surface area (Å²) in [7, 11) is 0. The van der Waals surface area contributed by atoms with Crippen molar-refractivity contribution in [1.82, 2.24) is 15.1 Å². The highest BCUT2D eigenvalue weighted by atomic mass is 19.1. The van der Waals surface area contributed by atoms with Crippen molar-refractivity contribution in [2.45, 2.75) is 32.0 Å². The Morgan fingerprint density at radius 3 is 2.45 bits per heavy atom. The predicted octanol–water partition coefficient (Wildman–Crippen LogP) is 4.44. The molecule has 4 rings (SSSR count). The fraction of sp³-hybridized carbons (Fsp3) is 0.312. The zero-order valence-electron chi connectivity index (χ0n) is 22.9. The van der Waals surface area contributed by atoms with Crippen LogP contribution in [0, 0.1) is 12.7 Å². The molecule has 0 bridgehead atoms. The molecule has 0 aliphatic carbocycles. The van der Waals surface area contributed by atoms with Gasteiger partial charge >= 0.3 is 0 Å². The SMILES string of the molecule is C=CC(=O)N1CCN(C[C@H](Oc2ccc(C(=O)NC(CO)c3ccccc3)cc2)c2ccc(C)c(F)c2)C[C@H]1C. The number of aliphatic hydroxyl groups excluding tert-OH is 1. The van der Waals surface area contributed by atoms with Gasteiger partial charge in [-0.15, -0.1) is 0 Å². The smallest absolute Gasteiger partial charge is 0.251 e. The van der Waals surface area contributed by atoms with Gasteiger partial charge in [0.15, 0.2) is 0 Å². The van der Waals surface area contributed by atoms with Gasteiger partial charge in [-0.3, -0.25) is 14.5 Å². The predicted molar refractivity (Wildman–Crippen MR) is 152 cm³/mol. The molecular formula is C32H36FN3O4. The maximum Gasteiger partial charge on any atom is 0.251 e. The number of hydrogen-bond acceptors (Lipinski definition) is 5. The van der Waals surface area contributed by atoms with Crippen LogP contribution in [0.5, 0.6) is 5.75 Å². The van der Waals surface area contributed by atoms with Crippen molar-refractivity contribution in [1.29, 1.82) is 0 Å². The number of hydrogen-bond donors (Lipinski definition) is 2. The summed E-state index contributed by atoms with van der Waals surface area (Å²) in [6, 6.07) is 20.6. The van der Waals surface area contributed by atoms with Crippen LogP contribution in [0.3, 0.4) is 0 Å². The molecule has 2 N–H and O–H groups in total. The molecule has 1 unspecified atom stereocenters. The zero-order valence-corrected chi connectivity index (χ0v) is 22.9. The van der Waals surface area contributed by atoms with E-state index in [2.05, 4.69) is 16.8 Å². The second kappa shape index (κ2) is 13.4. The third kappa shape index (κ3) is 7.14. The van der Waals surface area contributed by atoms with E-state index in [1.807, 2.05) is 43.3 Å². The number of ether oxygens (including phenoxy) is 1. The van der Waals surface area contributed by atoms with E-state index in [9.17, 15) is 19.1 Å². The summed E-state index contributed by atoms with van der Waals surface area (Å²) >= 11 is 0. The number of halogens is 1. The molecule has 3 atom stereocenters. The van der Waals surface area contributed by atoms with Crippen LogP contribution in [0.4, 0.5) is 4.39 Å². The van der Waals surface area contributed by atoms with Crippen molar-refractivity contribution >= 4 is 11.8 Å². The van der Waals surface area contributed by atoms with Gasteiger partial charge < -0.3 is 20.1 Å². The van der Waals surface area contributed by atoms with Crippen LogP contribution in [0.25, 0.3) is 0 Å². The number of amides is 2. The molecule has 3 aromatic carbocycles. The molecule has 1 aliphatic heterocycles. The molecule has 1 heterocycles. The van der Waals surface area contributed by atoms with Crippen LogP contribution < -0.4 is 10.1 Å². The summed E-state index contributed by atoms with van der Waals surface area (Å²) in [5.41, 5.74) is 2.50. The van der Waals surface area contributed by atoms with Crippen LogP contribution in [-0.4, -0.2) is 65.5 Å². The summed E-state index contributed by atoms with van der Waals surface area (Å²) in [5.74, 6) is -0.158. The lowest BCUT2D eigenvalue weighted by Crippen LogP contribution is -2.54. The Bertz CT molecular complexity index is 1320. The second-order valence-electron chi connectivity index (χ2n) is 10.1. The molecule has 0 spiro atoms. The van der Waals surface area contributed by atoms with E-state index in [1.54, 1.807) is 42.2 Å². The quantitative estimate of drug-likeness (QED) is 0.368. The fourth-order valence-corrected chi connectivity index (χ4v) is 4.91. The Morgan fingerprint density at radius 1 is 1.10 bits per heavy atom. The number of carbonyl (C=O) groups is 2. The maximum atomic E-state index is 14.5. The average molecular weight is 546 g/mol. The molecule has 1 fully saturated rings. The van der Waals surface area contributed by atoms with Crippen molar-refractivity contribution in [2.75, 3.05) is 32.8 Å². The van der Waals surface area contributed by atoms with Gasteiger partial charge in [0.05, 0.1) is 12.6 Å². The van der Waals surface area contributed by atoms with Crippen LogP contribution in [0.15, 0.2) is 85.5 Å². The first-order chi connectivity index (χ1) is 19.3. The average Bonchev–Trinajstić information content (AvgIpc) is 2.97. The van der Waals surface area contributed by atoms with Gasteiger partial charge in [0.2, 0.25) is 5.91 Å². The Balaban J connectivity index is 1.47. The van der Waals surface area contributed by atoms with Crippen molar-refractivity contribution < 1.29 is 23.8 Å². The van der Waals surface area contributed by atoms with Gasteiger partial charge in [-0.25, -0.2) is 4.39 Å². The molecule has 1 aliphatic rings. The van der Waals surface area contributed by atoms with Crippen molar-refractivity contribution in [3.63, 3.8) is 0 Å². The minimum atomic E-state index is -0.518. The van der Waals surface area contributed by atoms with Crippen LogP contribution in [0.1, 0.15) is 46.1 Å². The van der Waals surface area contributed by atoms with Crippen LogP contribution in [0.2, 0.25) is 0 Å². The van der Waals surface area contributed by atoms with Gasteiger partial charge in [0.25, 0.3) is 5.91 Å². The fourth-order valence-electron chi connectivity index (χ4n) is 4.91. The third-order valence-corrected chi connectivity index (χ3v) is 7.25. The first-order valence-electron chi connectivity index (χ1n) is 13.4. The Kier molecular flexibility index (Phi) is 9.69. The molecule has 210 valence electrons. The highest BCUT2D eigenvalue weighted by Crippen LogP contribution is 2.26. The lowest BCUT2D eigenvalue weighted by atomic mass is 10.0. The van der Waals surface area contributed by atoms with E-state index in [-0.39, 0.29) is 30.3 Å². The summed E-state index contributed by atoms with van der Waals surface area (Å²) < 4.78 is 20.9. The molecule has 8 heteroatoms. The highest BCUT2D eigenvalue weighted by molar-refractivity contribution is 5.94. The van der Waals surface area contributed by atoms with Gasteiger partial charge in [-0.1, -0.05) is 49.0 Å². The van der Waals surface area contributed by atoms with Crippen LogP contribution >= 0.6 is 0 Å². The number of carbonyl (C=O) groups excluding carboxylic acids is 2. The second-order valence-corrected chi connectivity index (χ2v) is 10.1. The summed E-state index contributed by atoms with van der Waals surface area (Å²) in [6.45, 7) is 9.47. The third-order valence-electron chi connectivity index (χ3n) is 7.25. The molecule has 0 radical (unpaired) electrons. The molecule has 1 saturated heterocycles. The van der Waals surface area contributed by atoms with E-state index in [4.69, 9.17) is 4.74 Å². The summed E-state index contributed by atoms with van der Waals surface area (Å²) in [5, 5.41) is 12.6. The normalized spacial score (nSPS) is 17.1. The minimum absolute atomic E-state index is 0.00563. The lowest BCUT2D eigenvalue weighted by molar-refractivity contribution is -0.130. The number of nitrogens with zero attached hydrogens (tertiary/aromatic N) is 2. The standard InChI is InChI=1S/C32H36FN3O4/c1-4-31(38)36-17-16-35(19-23(36)3)20-30(26-11-10-22(2)28(33)18-26)40-27-14-12-25(13-15-27)32(39)34-29(21-37)24-8-6-5-7-9-24/h4-15,18,23,29-30,37H,1,16-17,19-21H2,2-3H3,(H,34,39)/t23-,29?,30+/m1/s1. The first-order valence-corrected chi connectivity index (χ1v) is 13.4. The Labute approximate surface area is 234 Å². The molecule has 40 heavy (non-hydrogen) atoms. The van der Waals surface area contributed by atoms with E-state index < -0.39 is 12.1 Å². The summed E-state index contributed by atoms with van der Waals surface area (Å²) in [4.78, 5) is 29.0. The Morgan fingerprint density at radius 2 is 1.82 bits per heavy atom. The number of piperazine rings is 1. The number of aryl methyl sites for hydroxylation is 1. The molecule has 0 saturated carbocycles. The molecule has 0 aromatic heterocycles.